The van der Waals surface area contributed by atoms with E-state index in [0.29, 0.717) is 36.8 Å². The number of rotatable bonds is 8. The van der Waals surface area contributed by atoms with E-state index in [-0.39, 0.29) is 17.0 Å². The summed E-state index contributed by atoms with van der Waals surface area (Å²) in [5, 5.41) is 2.85. The molecule has 0 unspecified atom stereocenters. The molecule has 1 heterocycles. The highest BCUT2D eigenvalue weighted by atomic mass is 16.5. The van der Waals surface area contributed by atoms with Gasteiger partial charge in [0.2, 0.25) is 0 Å². The lowest BCUT2D eigenvalue weighted by atomic mass is 10.1. The van der Waals surface area contributed by atoms with E-state index in [1.165, 1.54) is 12.1 Å². The number of carbonyl (C=O) groups excluding carboxylic acids is 3. The van der Waals surface area contributed by atoms with Crippen molar-refractivity contribution in [2.24, 2.45) is 0 Å². The Morgan fingerprint density at radius 2 is 1.55 bits per heavy atom. The summed E-state index contributed by atoms with van der Waals surface area (Å²) in [5.41, 5.74) is 3.25. The van der Waals surface area contributed by atoms with Crippen molar-refractivity contribution in [3.63, 3.8) is 0 Å². The molecule has 1 aliphatic heterocycles. The number of carbonyl (C=O) groups is 3. The van der Waals surface area contributed by atoms with Crippen LogP contribution in [-0.2, 0) is 17.9 Å². The van der Waals surface area contributed by atoms with Crippen molar-refractivity contribution < 1.29 is 23.9 Å². The Morgan fingerprint density at radius 1 is 0.879 bits per heavy atom. The van der Waals surface area contributed by atoms with Crippen LogP contribution in [0.25, 0.3) is 0 Å². The van der Waals surface area contributed by atoms with Crippen LogP contribution in [0.15, 0.2) is 66.7 Å². The minimum atomic E-state index is -0.456. The molecule has 0 aliphatic carbocycles. The van der Waals surface area contributed by atoms with Gasteiger partial charge < -0.3 is 14.8 Å². The van der Waals surface area contributed by atoms with Gasteiger partial charge in [-0.25, -0.2) is 4.90 Å². The predicted octanol–water partition coefficient (Wildman–Crippen LogP) is 3.96. The fraction of sp³-hybridized carbons (Fsp3) is 0.192. The van der Waals surface area contributed by atoms with Crippen molar-refractivity contribution >= 4 is 23.4 Å². The predicted molar refractivity (Wildman–Crippen MR) is 124 cm³/mol. The summed E-state index contributed by atoms with van der Waals surface area (Å²) < 4.78 is 10.5. The van der Waals surface area contributed by atoms with Crippen LogP contribution in [-0.4, -0.2) is 31.4 Å². The van der Waals surface area contributed by atoms with E-state index in [9.17, 15) is 14.4 Å². The van der Waals surface area contributed by atoms with Crippen molar-refractivity contribution in [2.75, 3.05) is 18.6 Å². The van der Waals surface area contributed by atoms with Crippen LogP contribution in [0.3, 0.4) is 0 Å². The Morgan fingerprint density at radius 3 is 2.21 bits per heavy atom. The van der Waals surface area contributed by atoms with Gasteiger partial charge in [-0.3, -0.25) is 14.4 Å². The van der Waals surface area contributed by atoms with Gasteiger partial charge in [0.15, 0.2) is 0 Å². The van der Waals surface area contributed by atoms with E-state index in [2.05, 4.69) is 5.32 Å². The normalized spacial score (nSPS) is 12.6. The summed E-state index contributed by atoms with van der Waals surface area (Å²) >= 11 is 0. The third-order valence-electron chi connectivity index (χ3n) is 5.34. The summed E-state index contributed by atoms with van der Waals surface area (Å²) in [6.07, 6.45) is 0. The molecule has 4 rings (SSSR count). The maximum atomic E-state index is 13.0. The Kier molecular flexibility index (Phi) is 6.51. The van der Waals surface area contributed by atoms with Gasteiger partial charge in [0.25, 0.3) is 17.7 Å². The van der Waals surface area contributed by atoms with Gasteiger partial charge in [-0.15, -0.1) is 0 Å². The van der Waals surface area contributed by atoms with Crippen LogP contribution >= 0.6 is 0 Å². The first-order valence-corrected chi connectivity index (χ1v) is 10.6. The molecule has 0 spiro atoms. The summed E-state index contributed by atoms with van der Waals surface area (Å²) in [5.74, 6) is -0.534. The van der Waals surface area contributed by atoms with Gasteiger partial charge in [0, 0.05) is 19.2 Å². The van der Waals surface area contributed by atoms with E-state index in [0.717, 1.165) is 16.0 Å². The largest absolute Gasteiger partial charge is 0.494 e. The van der Waals surface area contributed by atoms with Gasteiger partial charge in [-0.05, 0) is 60.5 Å². The number of nitrogens with one attached hydrogen (secondary N) is 1. The van der Waals surface area contributed by atoms with Crippen molar-refractivity contribution in [2.45, 2.75) is 20.1 Å². The number of fused-ring (bicyclic) bond motifs is 1. The van der Waals surface area contributed by atoms with Crippen molar-refractivity contribution in [1.29, 1.82) is 0 Å². The number of imide groups is 1. The summed E-state index contributed by atoms with van der Waals surface area (Å²) in [6.45, 7) is 3.28. The van der Waals surface area contributed by atoms with E-state index < -0.39 is 11.8 Å². The zero-order chi connectivity index (χ0) is 23.4. The quantitative estimate of drug-likeness (QED) is 0.532. The highest BCUT2D eigenvalue weighted by Gasteiger charge is 2.37. The second kappa shape index (κ2) is 9.67. The maximum absolute atomic E-state index is 13.0. The summed E-state index contributed by atoms with van der Waals surface area (Å²) in [7, 11) is 1.64. The van der Waals surface area contributed by atoms with Crippen LogP contribution in [0, 0.1) is 0 Å². The smallest absolute Gasteiger partial charge is 0.266 e. The van der Waals surface area contributed by atoms with E-state index in [4.69, 9.17) is 9.47 Å². The lowest BCUT2D eigenvalue weighted by Crippen LogP contribution is -2.29. The molecule has 0 saturated carbocycles. The molecule has 1 aliphatic rings. The van der Waals surface area contributed by atoms with Crippen molar-refractivity contribution in [1.82, 2.24) is 5.32 Å². The molecule has 0 radical (unpaired) electrons. The first-order valence-electron chi connectivity index (χ1n) is 10.6. The highest BCUT2D eigenvalue weighted by Crippen LogP contribution is 2.30. The number of hydrogen-bond donors (Lipinski definition) is 1. The molecule has 0 saturated heterocycles. The second-order valence-electron chi connectivity index (χ2n) is 7.57. The SMILES string of the molecule is CCOc1ccc(N2C(=O)c3ccc(C(=O)NCc4ccc(COC)cc4)cc3C2=O)cc1. The molecule has 0 bridgehead atoms. The molecule has 0 atom stereocenters. The highest BCUT2D eigenvalue weighted by molar-refractivity contribution is 6.34. The molecule has 0 aromatic heterocycles. The van der Waals surface area contributed by atoms with Crippen LogP contribution in [0.1, 0.15) is 49.1 Å². The van der Waals surface area contributed by atoms with Crippen molar-refractivity contribution in [3.05, 3.63) is 94.5 Å². The Labute approximate surface area is 191 Å². The first kappa shape index (κ1) is 22.2. The van der Waals surface area contributed by atoms with E-state index >= 15 is 0 Å². The number of benzene rings is 3. The van der Waals surface area contributed by atoms with E-state index in [1.807, 2.05) is 31.2 Å². The third-order valence-corrected chi connectivity index (χ3v) is 5.34. The van der Waals surface area contributed by atoms with Crippen LogP contribution in [0.5, 0.6) is 5.75 Å². The lowest BCUT2D eigenvalue weighted by Gasteiger charge is -2.14. The minimum absolute atomic E-state index is 0.213. The molecule has 3 aromatic carbocycles. The standard InChI is InChI=1S/C26H24N2O5/c1-3-33-21-11-9-20(10-12-21)28-25(30)22-13-8-19(14-23(22)26(28)31)24(29)27-15-17-4-6-18(7-5-17)16-32-2/h4-14H,3,15-16H2,1-2H3,(H,27,29). The van der Waals surface area contributed by atoms with Gasteiger partial charge in [0.05, 0.1) is 30.0 Å². The van der Waals surface area contributed by atoms with Crippen LogP contribution in [0.4, 0.5) is 5.69 Å². The molecule has 7 nitrogen and oxygen atoms in total. The molecule has 1 N–H and O–H groups in total. The fourth-order valence-electron chi connectivity index (χ4n) is 3.68. The molecule has 7 heteroatoms. The molecular formula is C26H24N2O5. The minimum Gasteiger partial charge on any atom is -0.494 e. The third kappa shape index (κ3) is 4.63. The molecular weight excluding hydrogens is 420 g/mol. The number of anilines is 1. The molecule has 168 valence electrons. The van der Waals surface area contributed by atoms with Crippen LogP contribution < -0.4 is 15.0 Å². The monoisotopic (exact) mass is 444 g/mol. The summed E-state index contributed by atoms with van der Waals surface area (Å²) in [6, 6.07) is 19.0. The van der Waals surface area contributed by atoms with Crippen LogP contribution in [0.2, 0.25) is 0 Å². The van der Waals surface area contributed by atoms with Crippen molar-refractivity contribution in [3.8, 4) is 5.75 Å². The maximum Gasteiger partial charge on any atom is 0.266 e. The number of amides is 3. The number of nitrogens with zero attached hydrogens (tertiary/aromatic N) is 1. The van der Waals surface area contributed by atoms with E-state index in [1.54, 1.807) is 37.4 Å². The lowest BCUT2D eigenvalue weighted by molar-refractivity contribution is 0.0923. The zero-order valence-corrected chi connectivity index (χ0v) is 18.5. The first-order chi connectivity index (χ1) is 16.0. The molecule has 3 amide bonds. The Balaban J connectivity index is 1.47. The molecule has 3 aromatic rings. The Hall–Kier alpha value is -3.97. The number of ether oxygens (including phenoxy) is 2. The average Bonchev–Trinajstić information content (AvgIpc) is 3.09. The Bertz CT molecular complexity index is 1190. The topological polar surface area (TPSA) is 84.9 Å². The average molecular weight is 444 g/mol. The second-order valence-corrected chi connectivity index (χ2v) is 7.57. The van der Waals surface area contributed by atoms with Gasteiger partial charge in [0.1, 0.15) is 5.75 Å². The zero-order valence-electron chi connectivity index (χ0n) is 18.5. The number of methoxy groups -OCH3 is 1. The van der Waals surface area contributed by atoms with Gasteiger partial charge in [-0.1, -0.05) is 24.3 Å². The fourth-order valence-corrected chi connectivity index (χ4v) is 3.68. The molecule has 33 heavy (non-hydrogen) atoms. The van der Waals surface area contributed by atoms with Gasteiger partial charge in [-0.2, -0.15) is 0 Å². The summed E-state index contributed by atoms with van der Waals surface area (Å²) in [4.78, 5) is 39.6. The number of hydrogen-bond acceptors (Lipinski definition) is 5. The molecule has 0 fully saturated rings. The van der Waals surface area contributed by atoms with Gasteiger partial charge >= 0.3 is 0 Å².